The van der Waals surface area contributed by atoms with Crippen molar-refractivity contribution in [1.82, 2.24) is 15.0 Å². The number of rotatable bonds is 7. The maximum Gasteiger partial charge on any atom is 0.0454 e. The van der Waals surface area contributed by atoms with E-state index >= 15 is 0 Å². The number of aryl methyl sites for hydroxylation is 1. The van der Waals surface area contributed by atoms with E-state index in [4.69, 9.17) is 8.22 Å². The number of benzene rings is 3. The van der Waals surface area contributed by atoms with Crippen molar-refractivity contribution in [2.24, 2.45) is 5.92 Å². The van der Waals surface area contributed by atoms with Crippen LogP contribution in [0.25, 0.3) is 42.7 Å². The summed E-state index contributed by atoms with van der Waals surface area (Å²) < 4.78 is 51.1. The molecule has 1 saturated carbocycles. The smallest absolute Gasteiger partial charge is 0.0454 e. The molecule has 1 aliphatic carbocycles. The van der Waals surface area contributed by atoms with E-state index in [1.54, 1.807) is 42.1 Å². The summed E-state index contributed by atoms with van der Waals surface area (Å²) in [5.41, 5.74) is 6.56. The SMILES string of the molecule is [2H]C(C)(C)c1ccnc(-c2[c-]cc3sc4cnc(C([2H])([2H])c5ccccc5)cc4c3c2)c1.[2H]C([2H])([2H])c1cnc(-c2[c-]cccc2)cc1CC1CCCCC1.[Ir]. The van der Waals surface area contributed by atoms with Crippen LogP contribution in [-0.4, -0.2) is 15.0 Å². The first-order chi connectivity index (χ1) is 26.3. The largest absolute Gasteiger partial charge is 0.305 e. The molecule has 3 aromatic carbocycles. The van der Waals surface area contributed by atoms with Gasteiger partial charge in [-0.05, 0) is 69.8 Å². The van der Waals surface area contributed by atoms with Crippen LogP contribution in [0.15, 0.2) is 110 Å². The van der Waals surface area contributed by atoms with E-state index < -0.39 is 19.1 Å². The molecular formula is C45H43IrN3S-2. The molecule has 0 N–H and O–H groups in total. The molecule has 1 aliphatic rings. The first-order valence-corrected chi connectivity index (χ1v) is 17.8. The quantitative estimate of drug-likeness (QED) is 0.150. The molecular weight excluding hydrogens is 807 g/mol. The number of hydrogen-bond donors (Lipinski definition) is 0. The van der Waals surface area contributed by atoms with Gasteiger partial charge in [0.1, 0.15) is 0 Å². The Morgan fingerprint density at radius 1 is 0.840 bits per heavy atom. The molecule has 0 unspecified atom stereocenters. The summed E-state index contributed by atoms with van der Waals surface area (Å²) in [7, 11) is 0. The molecule has 0 atom stereocenters. The predicted octanol–water partition coefficient (Wildman–Crippen LogP) is 12.0. The van der Waals surface area contributed by atoms with Crippen LogP contribution in [0.3, 0.4) is 0 Å². The maximum atomic E-state index is 8.68. The zero-order valence-electron chi connectivity index (χ0n) is 34.3. The van der Waals surface area contributed by atoms with Crippen LogP contribution < -0.4 is 0 Å². The number of nitrogens with zero attached hydrogens (tertiary/aromatic N) is 3. The van der Waals surface area contributed by atoms with Gasteiger partial charge in [-0.1, -0.05) is 105 Å². The number of pyridine rings is 3. The Morgan fingerprint density at radius 3 is 2.42 bits per heavy atom. The molecule has 0 aliphatic heterocycles. The van der Waals surface area contributed by atoms with E-state index in [1.165, 1.54) is 32.1 Å². The van der Waals surface area contributed by atoms with E-state index in [9.17, 15) is 0 Å². The van der Waals surface area contributed by atoms with Gasteiger partial charge in [0.25, 0.3) is 0 Å². The minimum Gasteiger partial charge on any atom is -0.305 e. The molecule has 0 spiro atoms. The number of thiophene rings is 1. The number of hydrogen-bond acceptors (Lipinski definition) is 4. The molecule has 7 aromatic rings. The Morgan fingerprint density at radius 2 is 1.64 bits per heavy atom. The van der Waals surface area contributed by atoms with E-state index in [1.807, 2.05) is 86.6 Å². The Balaban J connectivity index is 0.000000197. The van der Waals surface area contributed by atoms with Crippen LogP contribution in [-0.2, 0) is 32.9 Å². The van der Waals surface area contributed by atoms with Gasteiger partial charge in [-0.2, -0.15) is 11.3 Å². The van der Waals surface area contributed by atoms with Crippen LogP contribution in [0.1, 0.15) is 88.0 Å². The number of aromatic nitrogens is 3. The van der Waals surface area contributed by atoms with Crippen LogP contribution in [0, 0.1) is 24.9 Å². The fraction of sp³-hybridized carbons (Fsp3) is 0.267. The van der Waals surface area contributed by atoms with Gasteiger partial charge in [0.05, 0.1) is 0 Å². The van der Waals surface area contributed by atoms with Crippen molar-refractivity contribution in [2.75, 3.05) is 0 Å². The molecule has 3 nitrogen and oxygen atoms in total. The predicted molar refractivity (Wildman–Crippen MR) is 206 cm³/mol. The average Bonchev–Trinajstić information content (AvgIpc) is 3.56. The molecule has 1 radical (unpaired) electrons. The molecule has 0 saturated heterocycles. The molecule has 1 fully saturated rings. The monoisotopic (exact) mass is 856 g/mol. The van der Waals surface area contributed by atoms with Crippen molar-refractivity contribution in [3.8, 4) is 22.5 Å². The second-order valence-corrected chi connectivity index (χ2v) is 14.0. The molecule has 0 amide bonds. The Hall–Kier alpha value is -4.02. The summed E-state index contributed by atoms with van der Waals surface area (Å²) in [5.74, 6) is -0.111. The maximum absolute atomic E-state index is 8.68. The Kier molecular flexibility index (Phi) is 9.62. The van der Waals surface area contributed by atoms with E-state index in [2.05, 4.69) is 33.2 Å². The van der Waals surface area contributed by atoms with E-state index in [-0.39, 0.29) is 20.1 Å². The van der Waals surface area contributed by atoms with Gasteiger partial charge in [0.15, 0.2) is 0 Å². The average molecular weight is 856 g/mol. The Bertz CT molecular complexity index is 2400. The molecule has 8 rings (SSSR count). The number of fused-ring (bicyclic) bond motifs is 3. The first-order valence-electron chi connectivity index (χ1n) is 20.0. The minimum atomic E-state index is -2.10. The van der Waals surface area contributed by atoms with Gasteiger partial charge in [0.2, 0.25) is 0 Å². The van der Waals surface area contributed by atoms with Gasteiger partial charge in [-0.15, -0.1) is 59.7 Å². The van der Waals surface area contributed by atoms with Gasteiger partial charge >= 0.3 is 0 Å². The molecule has 5 heteroatoms. The second kappa shape index (κ2) is 16.8. The van der Waals surface area contributed by atoms with Crippen LogP contribution in [0.4, 0.5) is 0 Å². The summed E-state index contributed by atoms with van der Waals surface area (Å²) in [4.78, 5) is 13.3. The van der Waals surface area contributed by atoms with Gasteiger partial charge in [0, 0.05) is 63.7 Å². The van der Waals surface area contributed by atoms with Crippen LogP contribution >= 0.6 is 11.3 Å². The zero-order valence-corrected chi connectivity index (χ0v) is 31.5. The molecule has 4 aromatic heterocycles. The fourth-order valence-electron chi connectivity index (χ4n) is 6.47. The first kappa shape index (κ1) is 28.7. The summed E-state index contributed by atoms with van der Waals surface area (Å²) >= 11 is 1.62. The third-order valence-electron chi connectivity index (χ3n) is 9.16. The van der Waals surface area contributed by atoms with Crippen molar-refractivity contribution < 1.29 is 28.3 Å². The van der Waals surface area contributed by atoms with E-state index in [0.29, 0.717) is 22.7 Å². The van der Waals surface area contributed by atoms with E-state index in [0.717, 1.165) is 60.2 Å². The molecule has 4 heterocycles. The summed E-state index contributed by atoms with van der Waals surface area (Å²) in [6, 6.07) is 35.0. The Labute approximate surface area is 323 Å². The van der Waals surface area contributed by atoms with Crippen molar-refractivity contribution >= 4 is 31.5 Å². The second-order valence-electron chi connectivity index (χ2n) is 12.9. The van der Waals surface area contributed by atoms with Gasteiger partial charge in [-0.3, -0.25) is 4.98 Å². The summed E-state index contributed by atoms with van der Waals surface area (Å²) in [6.07, 6.45) is 10.4. The normalized spacial score (nSPS) is 15.7. The molecule has 255 valence electrons. The zero-order chi connectivity index (χ0) is 38.8. The third-order valence-corrected chi connectivity index (χ3v) is 10.3. The van der Waals surface area contributed by atoms with Gasteiger partial charge < -0.3 is 9.97 Å². The standard InChI is InChI=1S/C26H21N2S.C19H22N.Ir/c1-17(2)19-10-11-27-24(14-19)20-8-9-25-22(13-20)23-15-21(28-16-26(23)29-25)12-18-6-4-3-5-7-18;1-15-14-20-19(17-10-6-3-7-11-17)13-18(15)12-16-8-4-2-5-9-16;/h3-7,9-11,13-17H,12H2,1-2H3;3,6-7,10,13-14,16H,2,4-5,8-9,12H2,1H3;/q2*-1;/i12D2,17D;1D3;. The van der Waals surface area contributed by atoms with Gasteiger partial charge in [-0.25, -0.2) is 0 Å². The third kappa shape index (κ3) is 8.64. The van der Waals surface area contributed by atoms with Crippen LogP contribution in [0.5, 0.6) is 0 Å². The minimum absolute atomic E-state index is 0. The fourth-order valence-corrected chi connectivity index (χ4v) is 7.49. The van der Waals surface area contributed by atoms with Crippen molar-refractivity contribution in [3.05, 3.63) is 150 Å². The van der Waals surface area contributed by atoms with Crippen LogP contribution in [0.2, 0.25) is 0 Å². The summed E-state index contributed by atoms with van der Waals surface area (Å²) in [5, 5.41) is 2.01. The molecule has 50 heavy (non-hydrogen) atoms. The summed E-state index contributed by atoms with van der Waals surface area (Å²) in [6.45, 7) is 1.62. The van der Waals surface area contributed by atoms with Crippen molar-refractivity contribution in [1.29, 1.82) is 0 Å². The van der Waals surface area contributed by atoms with Crippen molar-refractivity contribution in [3.63, 3.8) is 0 Å². The van der Waals surface area contributed by atoms with Crippen molar-refractivity contribution in [2.45, 2.75) is 71.5 Å². The molecule has 0 bridgehead atoms. The topological polar surface area (TPSA) is 38.7 Å².